The van der Waals surface area contributed by atoms with Crippen molar-refractivity contribution in [2.24, 2.45) is 0 Å². The number of para-hydroxylation sites is 1. The quantitative estimate of drug-likeness (QED) is 0.684. The Balaban J connectivity index is 2.34. The second kappa shape index (κ2) is 5.83. The Morgan fingerprint density at radius 1 is 1.45 bits per heavy atom. The highest BCUT2D eigenvalue weighted by atomic mass is 32.1. The van der Waals surface area contributed by atoms with E-state index in [1.165, 1.54) is 11.8 Å². The van der Waals surface area contributed by atoms with E-state index < -0.39 is 0 Å². The number of amides is 2. The maximum Gasteiger partial charge on any atom is 0.297 e. The highest BCUT2D eigenvalue weighted by Crippen LogP contribution is 2.23. The summed E-state index contributed by atoms with van der Waals surface area (Å²) >= 11 is 4.99. The van der Waals surface area contributed by atoms with Gasteiger partial charge in [-0.25, -0.2) is 0 Å². The van der Waals surface area contributed by atoms with Crippen LogP contribution in [0.15, 0.2) is 30.0 Å². The molecule has 1 fully saturated rings. The van der Waals surface area contributed by atoms with Crippen molar-refractivity contribution >= 4 is 41.0 Å². The second-order valence-electron chi connectivity index (χ2n) is 4.19. The number of carbonyl (C=O) groups excluding carboxylic acids is 2. The first kappa shape index (κ1) is 14.2. The van der Waals surface area contributed by atoms with Crippen LogP contribution in [-0.4, -0.2) is 28.4 Å². The first-order valence-corrected chi connectivity index (χ1v) is 6.55. The highest BCUT2D eigenvalue weighted by molar-refractivity contribution is 7.80. The standard InChI is InChI=1S/C14H14N2O3S/c1-3-16-13(18)12(19-14(16)20)8-10-6-4-5-7-11(10)15-9(2)17/h4-8H,3H2,1-2H3,(H,15,17)/b12-8+. The van der Waals surface area contributed by atoms with Crippen molar-refractivity contribution in [3.05, 3.63) is 35.6 Å². The summed E-state index contributed by atoms with van der Waals surface area (Å²) in [6, 6.07) is 7.15. The van der Waals surface area contributed by atoms with Crippen LogP contribution < -0.4 is 5.32 Å². The summed E-state index contributed by atoms with van der Waals surface area (Å²) in [5, 5.41) is 2.86. The van der Waals surface area contributed by atoms with E-state index in [0.29, 0.717) is 17.8 Å². The van der Waals surface area contributed by atoms with Crippen LogP contribution in [0.4, 0.5) is 5.69 Å². The molecule has 1 saturated heterocycles. The molecule has 104 valence electrons. The van der Waals surface area contributed by atoms with E-state index in [9.17, 15) is 9.59 Å². The molecule has 0 radical (unpaired) electrons. The highest BCUT2D eigenvalue weighted by Gasteiger charge is 2.32. The van der Waals surface area contributed by atoms with Crippen molar-refractivity contribution in [3.63, 3.8) is 0 Å². The van der Waals surface area contributed by atoms with E-state index in [1.54, 1.807) is 24.3 Å². The number of benzene rings is 1. The Bertz CT molecular complexity index is 610. The molecule has 0 bridgehead atoms. The Labute approximate surface area is 122 Å². The van der Waals surface area contributed by atoms with Gasteiger partial charge in [0.1, 0.15) is 0 Å². The lowest BCUT2D eigenvalue weighted by molar-refractivity contribution is -0.122. The summed E-state index contributed by atoms with van der Waals surface area (Å²) in [6.45, 7) is 3.71. The molecular weight excluding hydrogens is 276 g/mol. The van der Waals surface area contributed by atoms with Gasteiger partial charge in [-0.05, 0) is 31.3 Å². The van der Waals surface area contributed by atoms with Crippen molar-refractivity contribution in [1.29, 1.82) is 0 Å². The molecule has 0 saturated carbocycles. The molecule has 1 N–H and O–H groups in total. The van der Waals surface area contributed by atoms with Crippen LogP contribution in [0.25, 0.3) is 6.08 Å². The molecule has 0 unspecified atom stereocenters. The summed E-state index contributed by atoms with van der Waals surface area (Å²) in [6.07, 6.45) is 1.58. The van der Waals surface area contributed by atoms with Crippen molar-refractivity contribution in [3.8, 4) is 0 Å². The lowest BCUT2D eigenvalue weighted by atomic mass is 10.1. The lowest BCUT2D eigenvalue weighted by Gasteiger charge is -2.07. The van der Waals surface area contributed by atoms with Crippen LogP contribution in [0, 0.1) is 0 Å². The van der Waals surface area contributed by atoms with Crippen molar-refractivity contribution < 1.29 is 14.3 Å². The van der Waals surface area contributed by atoms with Crippen molar-refractivity contribution in [1.82, 2.24) is 4.90 Å². The van der Waals surface area contributed by atoms with Gasteiger partial charge in [-0.1, -0.05) is 18.2 Å². The summed E-state index contributed by atoms with van der Waals surface area (Å²) < 4.78 is 5.30. The molecule has 1 heterocycles. The predicted molar refractivity (Wildman–Crippen MR) is 79.8 cm³/mol. The number of hydrogen-bond donors (Lipinski definition) is 1. The van der Waals surface area contributed by atoms with E-state index in [0.717, 1.165) is 0 Å². The van der Waals surface area contributed by atoms with E-state index in [-0.39, 0.29) is 22.7 Å². The first-order chi connectivity index (χ1) is 9.52. The summed E-state index contributed by atoms with van der Waals surface area (Å²) in [5.41, 5.74) is 1.30. The minimum absolute atomic E-state index is 0.153. The van der Waals surface area contributed by atoms with E-state index in [1.807, 2.05) is 13.0 Å². The Hall–Kier alpha value is -2.21. The van der Waals surface area contributed by atoms with E-state index in [2.05, 4.69) is 5.32 Å². The number of anilines is 1. The smallest absolute Gasteiger partial charge is 0.297 e. The number of thiocarbonyl (C=S) groups is 1. The molecular formula is C14H14N2O3S. The molecule has 6 heteroatoms. The van der Waals surface area contributed by atoms with Crippen LogP contribution >= 0.6 is 12.2 Å². The van der Waals surface area contributed by atoms with Crippen LogP contribution in [0.2, 0.25) is 0 Å². The number of likely N-dealkylation sites (N-methyl/N-ethyl adjacent to an activating group) is 1. The van der Waals surface area contributed by atoms with Gasteiger partial charge in [0.15, 0.2) is 5.76 Å². The molecule has 0 aliphatic carbocycles. The maximum atomic E-state index is 12.0. The minimum atomic E-state index is -0.268. The fraction of sp³-hybridized carbons (Fsp3) is 0.214. The fourth-order valence-corrected chi connectivity index (χ4v) is 2.14. The Morgan fingerprint density at radius 2 is 2.15 bits per heavy atom. The van der Waals surface area contributed by atoms with Gasteiger partial charge in [0.2, 0.25) is 5.91 Å². The number of rotatable bonds is 3. The molecule has 2 amide bonds. The molecule has 0 spiro atoms. The van der Waals surface area contributed by atoms with Gasteiger partial charge in [-0.15, -0.1) is 0 Å². The third kappa shape index (κ3) is 2.85. The second-order valence-corrected chi connectivity index (χ2v) is 4.54. The predicted octanol–water partition coefficient (Wildman–Crippen LogP) is 2.15. The average molecular weight is 290 g/mol. The zero-order chi connectivity index (χ0) is 14.7. The average Bonchev–Trinajstić information content (AvgIpc) is 2.66. The molecule has 20 heavy (non-hydrogen) atoms. The van der Waals surface area contributed by atoms with Gasteiger partial charge in [0.05, 0.1) is 0 Å². The molecule has 2 rings (SSSR count). The zero-order valence-corrected chi connectivity index (χ0v) is 12.0. The number of carbonyl (C=O) groups is 2. The molecule has 1 aromatic rings. The number of hydrogen-bond acceptors (Lipinski definition) is 4. The molecule has 1 aliphatic heterocycles. The topological polar surface area (TPSA) is 58.6 Å². The van der Waals surface area contributed by atoms with Gasteiger partial charge >= 0.3 is 0 Å². The summed E-state index contributed by atoms with van der Waals surface area (Å²) in [4.78, 5) is 24.6. The molecule has 5 nitrogen and oxygen atoms in total. The maximum absolute atomic E-state index is 12.0. The Morgan fingerprint density at radius 3 is 2.75 bits per heavy atom. The van der Waals surface area contributed by atoms with Gasteiger partial charge in [0, 0.05) is 24.7 Å². The number of nitrogens with zero attached hydrogens (tertiary/aromatic N) is 1. The number of ether oxygens (including phenoxy) is 1. The summed E-state index contributed by atoms with van der Waals surface area (Å²) in [5.74, 6) is -0.287. The van der Waals surface area contributed by atoms with Crippen LogP contribution in [0.1, 0.15) is 19.4 Å². The molecule has 1 aliphatic rings. The summed E-state index contributed by atoms with van der Waals surface area (Å²) in [7, 11) is 0. The van der Waals surface area contributed by atoms with Crippen molar-refractivity contribution in [2.45, 2.75) is 13.8 Å². The molecule has 0 aromatic heterocycles. The zero-order valence-electron chi connectivity index (χ0n) is 11.2. The van der Waals surface area contributed by atoms with Gasteiger partial charge in [-0.2, -0.15) is 0 Å². The first-order valence-electron chi connectivity index (χ1n) is 6.15. The van der Waals surface area contributed by atoms with E-state index >= 15 is 0 Å². The van der Waals surface area contributed by atoms with Crippen LogP contribution in [-0.2, 0) is 14.3 Å². The minimum Gasteiger partial charge on any atom is -0.426 e. The Kier molecular flexibility index (Phi) is 4.14. The van der Waals surface area contributed by atoms with Gasteiger partial charge in [-0.3, -0.25) is 14.5 Å². The molecule has 0 atom stereocenters. The normalized spacial score (nSPS) is 16.5. The number of nitrogens with one attached hydrogen (secondary N) is 1. The van der Waals surface area contributed by atoms with Gasteiger partial charge in [0.25, 0.3) is 11.1 Å². The van der Waals surface area contributed by atoms with E-state index in [4.69, 9.17) is 17.0 Å². The monoisotopic (exact) mass is 290 g/mol. The van der Waals surface area contributed by atoms with Gasteiger partial charge < -0.3 is 10.1 Å². The lowest BCUT2D eigenvalue weighted by Crippen LogP contribution is -2.27. The van der Waals surface area contributed by atoms with Crippen LogP contribution in [0.5, 0.6) is 0 Å². The SMILES string of the molecule is CCN1C(=O)/C(=C\c2ccccc2NC(C)=O)OC1=S. The van der Waals surface area contributed by atoms with Crippen LogP contribution in [0.3, 0.4) is 0 Å². The third-order valence-electron chi connectivity index (χ3n) is 2.75. The van der Waals surface area contributed by atoms with Crippen molar-refractivity contribution in [2.75, 3.05) is 11.9 Å². The molecule has 1 aromatic carbocycles. The largest absolute Gasteiger partial charge is 0.426 e. The third-order valence-corrected chi connectivity index (χ3v) is 3.05. The fourth-order valence-electron chi connectivity index (χ4n) is 1.84.